The fourth-order valence-corrected chi connectivity index (χ4v) is 8.87. The lowest BCUT2D eigenvalue weighted by atomic mass is 9.44. The summed E-state index contributed by atoms with van der Waals surface area (Å²) in [5, 5.41) is 12.1. The number of halogens is 1. The topological polar surface area (TPSA) is 37.3 Å². The molecule has 8 atom stereocenters. The third kappa shape index (κ3) is 3.56. The molecule has 1 aromatic rings. The summed E-state index contributed by atoms with van der Waals surface area (Å²) in [4.78, 5) is 12.4. The van der Waals surface area contributed by atoms with E-state index in [1.165, 1.54) is 32.1 Å². The zero-order valence-electron chi connectivity index (χ0n) is 19.8. The van der Waals surface area contributed by atoms with Gasteiger partial charge in [0.25, 0.3) is 0 Å². The lowest BCUT2D eigenvalue weighted by Crippen LogP contribution is -2.56. The Balaban J connectivity index is 1.34. The quantitative estimate of drug-likeness (QED) is 0.483. The molecule has 5 rings (SSSR count). The van der Waals surface area contributed by atoms with Crippen molar-refractivity contribution in [3.63, 3.8) is 0 Å². The van der Waals surface area contributed by atoms with Crippen molar-refractivity contribution in [2.75, 3.05) is 0 Å². The number of benzene rings is 1. The van der Waals surface area contributed by atoms with Crippen molar-refractivity contribution in [3.05, 3.63) is 34.9 Å². The van der Waals surface area contributed by atoms with Gasteiger partial charge in [0.2, 0.25) is 0 Å². The molecule has 4 saturated carbocycles. The van der Waals surface area contributed by atoms with E-state index in [4.69, 9.17) is 11.6 Å². The Morgan fingerprint density at radius 1 is 0.969 bits per heavy atom. The summed E-state index contributed by atoms with van der Waals surface area (Å²) >= 11 is 5.99. The van der Waals surface area contributed by atoms with E-state index in [0.717, 1.165) is 43.1 Å². The highest BCUT2D eigenvalue weighted by molar-refractivity contribution is 6.30. The van der Waals surface area contributed by atoms with Gasteiger partial charge >= 0.3 is 0 Å². The number of ketones is 1. The standard InChI is InChI=1S/C29H37ClO2/c1-19(31)24-10-11-25-23-9-6-21-18-29(32,15-12-20-4-7-22(30)8-5-20)17-16-27(21,2)26(23)13-14-28(24,25)3/h4-5,7-8,21,23-26,32H,6,9-11,13-14,16-18H2,1-3H3/t21-,23-,24+,25-,26-,27-,28+,29+/m0/s1. The molecular weight excluding hydrogens is 416 g/mol. The normalized spacial score (nSPS) is 45.1. The molecule has 0 saturated heterocycles. The number of carbonyl (C=O) groups is 1. The minimum atomic E-state index is -0.882. The van der Waals surface area contributed by atoms with Gasteiger partial charge in [-0.05, 0) is 123 Å². The highest BCUT2D eigenvalue weighted by atomic mass is 35.5. The van der Waals surface area contributed by atoms with Crippen molar-refractivity contribution in [2.24, 2.45) is 40.4 Å². The molecule has 0 aliphatic heterocycles. The van der Waals surface area contributed by atoms with E-state index in [1.54, 1.807) is 0 Å². The summed E-state index contributed by atoms with van der Waals surface area (Å²) in [7, 11) is 0. The van der Waals surface area contributed by atoms with Gasteiger partial charge in [0.1, 0.15) is 11.4 Å². The molecule has 32 heavy (non-hydrogen) atoms. The Morgan fingerprint density at radius 3 is 2.41 bits per heavy atom. The molecule has 0 heterocycles. The molecule has 0 unspecified atom stereocenters. The number of fused-ring (bicyclic) bond motifs is 5. The number of hydrogen-bond acceptors (Lipinski definition) is 2. The molecule has 1 N–H and O–H groups in total. The summed E-state index contributed by atoms with van der Waals surface area (Å²) < 4.78 is 0. The van der Waals surface area contributed by atoms with Crippen LogP contribution in [0.5, 0.6) is 0 Å². The molecule has 4 fully saturated rings. The third-order valence-corrected chi connectivity index (χ3v) is 10.8. The molecule has 0 bridgehead atoms. The predicted octanol–water partition coefficient (Wildman–Crippen LogP) is 6.67. The molecule has 1 aromatic carbocycles. The fraction of sp³-hybridized carbons (Fsp3) is 0.690. The van der Waals surface area contributed by atoms with Crippen molar-refractivity contribution in [2.45, 2.75) is 84.2 Å². The van der Waals surface area contributed by atoms with Gasteiger partial charge in [0.15, 0.2) is 0 Å². The molecule has 0 radical (unpaired) electrons. The highest BCUT2D eigenvalue weighted by Crippen LogP contribution is 2.68. The molecule has 0 spiro atoms. The second-order valence-electron chi connectivity index (χ2n) is 11.9. The van der Waals surface area contributed by atoms with Crippen LogP contribution in [0.25, 0.3) is 0 Å². The number of carbonyl (C=O) groups excluding carboxylic acids is 1. The van der Waals surface area contributed by atoms with Gasteiger partial charge in [0.05, 0.1) is 0 Å². The Bertz CT molecular complexity index is 958. The Kier molecular flexibility index (Phi) is 5.54. The first kappa shape index (κ1) is 22.5. The molecule has 4 aliphatic rings. The maximum atomic E-state index is 12.4. The highest BCUT2D eigenvalue weighted by Gasteiger charge is 2.61. The van der Waals surface area contributed by atoms with Crippen LogP contribution in [0.4, 0.5) is 0 Å². The van der Waals surface area contributed by atoms with E-state index in [0.29, 0.717) is 28.1 Å². The van der Waals surface area contributed by atoms with Crippen LogP contribution in [0.2, 0.25) is 5.02 Å². The van der Waals surface area contributed by atoms with E-state index in [2.05, 4.69) is 25.7 Å². The number of hydrogen-bond donors (Lipinski definition) is 1. The van der Waals surface area contributed by atoms with E-state index in [-0.39, 0.29) is 11.3 Å². The molecule has 0 aromatic heterocycles. The summed E-state index contributed by atoms with van der Waals surface area (Å²) in [6.07, 6.45) is 9.86. The summed E-state index contributed by atoms with van der Waals surface area (Å²) in [6, 6.07) is 7.55. The number of rotatable bonds is 1. The van der Waals surface area contributed by atoms with Crippen LogP contribution in [-0.4, -0.2) is 16.5 Å². The SMILES string of the molecule is CC(=O)[C@H]1CC[C@H]2[C@@H]3CC[C@H]4C[C@@](O)(C#Cc5ccc(Cl)cc5)CC[C@]4(C)[C@H]3CC[C@]12C. The first-order valence-corrected chi connectivity index (χ1v) is 13.0. The average Bonchev–Trinajstić information content (AvgIpc) is 3.12. The Hall–Kier alpha value is -1.30. The molecule has 3 heteroatoms. The van der Waals surface area contributed by atoms with E-state index in [1.807, 2.05) is 31.2 Å². The fourth-order valence-electron chi connectivity index (χ4n) is 8.75. The first-order chi connectivity index (χ1) is 15.1. The Morgan fingerprint density at radius 2 is 1.69 bits per heavy atom. The van der Waals surface area contributed by atoms with Gasteiger partial charge in [-0.25, -0.2) is 0 Å². The van der Waals surface area contributed by atoms with Crippen molar-refractivity contribution in [1.29, 1.82) is 0 Å². The van der Waals surface area contributed by atoms with E-state index in [9.17, 15) is 9.90 Å². The molecule has 0 amide bonds. The maximum Gasteiger partial charge on any atom is 0.133 e. The monoisotopic (exact) mass is 452 g/mol. The largest absolute Gasteiger partial charge is 0.378 e. The molecule has 4 aliphatic carbocycles. The van der Waals surface area contributed by atoms with Gasteiger partial charge in [0, 0.05) is 16.5 Å². The molecule has 172 valence electrons. The van der Waals surface area contributed by atoms with E-state index >= 15 is 0 Å². The summed E-state index contributed by atoms with van der Waals surface area (Å²) in [6.45, 7) is 6.75. The van der Waals surface area contributed by atoms with Gasteiger partial charge in [-0.15, -0.1) is 0 Å². The second-order valence-corrected chi connectivity index (χ2v) is 12.4. The molecule has 2 nitrogen and oxygen atoms in total. The van der Waals surface area contributed by atoms with Crippen molar-refractivity contribution >= 4 is 17.4 Å². The zero-order valence-corrected chi connectivity index (χ0v) is 20.5. The summed E-state index contributed by atoms with van der Waals surface area (Å²) in [5.74, 6) is 9.87. The zero-order chi connectivity index (χ0) is 22.7. The minimum Gasteiger partial charge on any atom is -0.378 e. The van der Waals surface area contributed by atoms with Crippen LogP contribution in [-0.2, 0) is 4.79 Å². The van der Waals surface area contributed by atoms with Gasteiger partial charge in [-0.2, -0.15) is 0 Å². The maximum absolute atomic E-state index is 12.4. The number of Topliss-reactive ketones (excluding diaryl/α,β-unsaturated/α-hetero) is 1. The lowest BCUT2D eigenvalue weighted by Gasteiger charge is -2.61. The van der Waals surface area contributed by atoms with Crippen LogP contribution < -0.4 is 0 Å². The van der Waals surface area contributed by atoms with Crippen LogP contribution in [0.3, 0.4) is 0 Å². The lowest BCUT2D eigenvalue weighted by molar-refractivity contribution is -0.144. The van der Waals surface area contributed by atoms with Gasteiger partial charge < -0.3 is 5.11 Å². The smallest absolute Gasteiger partial charge is 0.133 e. The van der Waals surface area contributed by atoms with Crippen LogP contribution in [0.1, 0.15) is 84.1 Å². The predicted molar refractivity (Wildman–Crippen MR) is 129 cm³/mol. The van der Waals surface area contributed by atoms with Gasteiger partial charge in [-0.3, -0.25) is 4.79 Å². The second kappa shape index (κ2) is 7.89. The summed E-state index contributed by atoms with van der Waals surface area (Å²) in [5.41, 5.74) is 0.544. The van der Waals surface area contributed by atoms with E-state index < -0.39 is 5.60 Å². The first-order valence-electron chi connectivity index (χ1n) is 12.7. The minimum absolute atomic E-state index is 0.218. The van der Waals surface area contributed by atoms with Gasteiger partial charge in [-0.1, -0.05) is 37.3 Å². The average molecular weight is 453 g/mol. The molecular formula is C29H37ClO2. The van der Waals surface area contributed by atoms with Crippen LogP contribution in [0, 0.1) is 52.3 Å². The van der Waals surface area contributed by atoms with Crippen molar-refractivity contribution in [1.82, 2.24) is 0 Å². The Labute approximate surface area is 198 Å². The van der Waals surface area contributed by atoms with Crippen molar-refractivity contribution in [3.8, 4) is 11.8 Å². The number of aliphatic hydroxyl groups is 1. The third-order valence-electron chi connectivity index (χ3n) is 10.5. The van der Waals surface area contributed by atoms with Crippen LogP contribution >= 0.6 is 11.6 Å². The van der Waals surface area contributed by atoms with Crippen molar-refractivity contribution < 1.29 is 9.90 Å². The van der Waals surface area contributed by atoms with Crippen LogP contribution in [0.15, 0.2) is 24.3 Å².